The minimum Gasteiger partial charge on any atom is -0.299 e. The lowest BCUT2D eigenvalue weighted by molar-refractivity contribution is -0.123. The van der Waals surface area contributed by atoms with E-state index in [-0.39, 0.29) is 5.92 Å². The Bertz CT molecular complexity index is 530. The van der Waals surface area contributed by atoms with Gasteiger partial charge in [0.25, 0.3) is 0 Å². The fourth-order valence-electron chi connectivity index (χ4n) is 3.15. The second-order valence-corrected chi connectivity index (χ2v) is 6.32. The molecule has 0 saturated heterocycles. The molecular weight excluding hydrogens is 252 g/mol. The molecule has 1 heterocycles. The monoisotopic (exact) mass is 270 g/mol. The van der Waals surface area contributed by atoms with Gasteiger partial charge in [0.15, 0.2) is 0 Å². The molecule has 2 aromatic rings. The Labute approximate surface area is 118 Å². The summed E-state index contributed by atoms with van der Waals surface area (Å²) < 4.78 is 0. The third-order valence-corrected chi connectivity index (χ3v) is 4.92. The maximum Gasteiger partial charge on any atom is 0.140 e. The van der Waals surface area contributed by atoms with Gasteiger partial charge in [0.2, 0.25) is 0 Å². The first kappa shape index (κ1) is 12.6. The summed E-state index contributed by atoms with van der Waals surface area (Å²) in [4.78, 5) is 13.7. The Kier molecular flexibility index (Phi) is 3.79. The molecule has 1 aromatic carbocycles. The lowest BCUT2D eigenvalue weighted by Gasteiger charge is -2.30. The van der Waals surface area contributed by atoms with Crippen molar-refractivity contribution in [3.05, 3.63) is 58.3 Å². The SMILES string of the molecule is O=C1CCC[C@@H](Cc2cccs2)[C@@H]1c1ccccc1. The molecule has 0 amide bonds. The fourth-order valence-corrected chi connectivity index (χ4v) is 3.95. The standard InChI is InChI=1S/C17H18OS/c18-16-10-4-8-14(12-15-9-5-11-19-15)17(16)13-6-2-1-3-7-13/h1-3,5-7,9,11,14,17H,4,8,10,12H2/t14-,17-/m0/s1. The van der Waals surface area contributed by atoms with Crippen molar-refractivity contribution in [2.24, 2.45) is 5.92 Å². The van der Waals surface area contributed by atoms with Crippen LogP contribution in [0.1, 0.15) is 35.6 Å². The zero-order chi connectivity index (χ0) is 13.1. The van der Waals surface area contributed by atoms with Gasteiger partial charge in [-0.25, -0.2) is 0 Å². The molecule has 1 aliphatic rings. The average molecular weight is 270 g/mol. The number of hydrogen-bond acceptors (Lipinski definition) is 2. The van der Waals surface area contributed by atoms with Crippen LogP contribution in [0.2, 0.25) is 0 Å². The molecule has 1 aliphatic carbocycles. The zero-order valence-corrected chi connectivity index (χ0v) is 11.7. The van der Waals surface area contributed by atoms with Gasteiger partial charge < -0.3 is 0 Å². The summed E-state index contributed by atoms with van der Waals surface area (Å²) >= 11 is 1.80. The Morgan fingerprint density at radius 2 is 1.95 bits per heavy atom. The first-order chi connectivity index (χ1) is 9.34. The number of thiophene rings is 1. The van der Waals surface area contributed by atoms with Gasteiger partial charge in [0, 0.05) is 17.2 Å². The molecule has 2 atom stereocenters. The van der Waals surface area contributed by atoms with Crippen LogP contribution < -0.4 is 0 Å². The van der Waals surface area contributed by atoms with E-state index < -0.39 is 0 Å². The van der Waals surface area contributed by atoms with E-state index in [4.69, 9.17) is 0 Å². The fraction of sp³-hybridized carbons (Fsp3) is 0.353. The number of hydrogen-bond donors (Lipinski definition) is 0. The van der Waals surface area contributed by atoms with Gasteiger partial charge in [-0.2, -0.15) is 0 Å². The highest BCUT2D eigenvalue weighted by atomic mass is 32.1. The summed E-state index contributed by atoms with van der Waals surface area (Å²) in [5.74, 6) is 1.01. The maximum atomic E-state index is 12.3. The molecule has 0 radical (unpaired) electrons. The summed E-state index contributed by atoms with van der Waals surface area (Å²) in [6.45, 7) is 0. The van der Waals surface area contributed by atoms with E-state index in [1.165, 1.54) is 16.9 Å². The molecule has 0 spiro atoms. The van der Waals surface area contributed by atoms with Crippen LogP contribution >= 0.6 is 11.3 Å². The van der Waals surface area contributed by atoms with Gasteiger partial charge in [-0.3, -0.25) is 4.79 Å². The molecule has 0 N–H and O–H groups in total. The first-order valence-electron chi connectivity index (χ1n) is 6.94. The van der Waals surface area contributed by atoms with Gasteiger partial charge in [0.1, 0.15) is 5.78 Å². The molecule has 1 fully saturated rings. The average Bonchev–Trinajstić information content (AvgIpc) is 2.93. The molecule has 2 heteroatoms. The molecule has 0 aliphatic heterocycles. The third-order valence-electron chi connectivity index (χ3n) is 4.02. The number of carbonyl (C=O) groups excluding carboxylic acids is 1. The zero-order valence-electron chi connectivity index (χ0n) is 10.9. The van der Waals surface area contributed by atoms with E-state index >= 15 is 0 Å². The van der Waals surface area contributed by atoms with Crippen LogP contribution in [-0.2, 0) is 11.2 Å². The minimum atomic E-state index is 0.108. The summed E-state index contributed by atoms with van der Waals surface area (Å²) in [6.07, 6.45) is 4.02. The Morgan fingerprint density at radius 1 is 1.11 bits per heavy atom. The normalized spacial score (nSPS) is 23.5. The van der Waals surface area contributed by atoms with Crippen molar-refractivity contribution < 1.29 is 4.79 Å². The molecule has 3 rings (SSSR count). The van der Waals surface area contributed by atoms with Crippen LogP contribution in [0.4, 0.5) is 0 Å². The second-order valence-electron chi connectivity index (χ2n) is 5.29. The molecule has 1 saturated carbocycles. The number of ketones is 1. The van der Waals surface area contributed by atoms with Crippen LogP contribution in [0.25, 0.3) is 0 Å². The van der Waals surface area contributed by atoms with Crippen molar-refractivity contribution in [1.82, 2.24) is 0 Å². The Balaban J connectivity index is 1.86. The number of Topliss-reactive ketones (excluding diaryl/α,β-unsaturated/α-hetero) is 1. The number of benzene rings is 1. The van der Waals surface area contributed by atoms with Crippen molar-refractivity contribution in [2.45, 2.75) is 31.6 Å². The van der Waals surface area contributed by atoms with E-state index in [1.807, 2.05) is 18.2 Å². The molecule has 1 nitrogen and oxygen atoms in total. The van der Waals surface area contributed by atoms with Crippen molar-refractivity contribution in [3.8, 4) is 0 Å². The summed E-state index contributed by atoms with van der Waals surface area (Å²) in [5, 5.41) is 2.12. The largest absolute Gasteiger partial charge is 0.299 e. The highest BCUT2D eigenvalue weighted by Gasteiger charge is 2.32. The Morgan fingerprint density at radius 3 is 2.68 bits per heavy atom. The van der Waals surface area contributed by atoms with E-state index in [1.54, 1.807) is 11.3 Å². The van der Waals surface area contributed by atoms with Gasteiger partial charge in [-0.1, -0.05) is 36.4 Å². The van der Waals surface area contributed by atoms with Gasteiger partial charge in [-0.05, 0) is 42.2 Å². The van der Waals surface area contributed by atoms with Crippen LogP contribution in [0, 0.1) is 5.92 Å². The van der Waals surface area contributed by atoms with Crippen molar-refractivity contribution in [2.75, 3.05) is 0 Å². The minimum absolute atomic E-state index is 0.108. The molecule has 1 aromatic heterocycles. The molecule has 98 valence electrons. The van der Waals surface area contributed by atoms with E-state index in [2.05, 4.69) is 29.6 Å². The van der Waals surface area contributed by atoms with Crippen LogP contribution in [0.15, 0.2) is 47.8 Å². The summed E-state index contributed by atoms with van der Waals surface area (Å²) in [6, 6.07) is 14.6. The van der Waals surface area contributed by atoms with Crippen LogP contribution in [0.3, 0.4) is 0 Å². The lowest BCUT2D eigenvalue weighted by atomic mass is 9.73. The highest BCUT2D eigenvalue weighted by molar-refractivity contribution is 7.09. The first-order valence-corrected chi connectivity index (χ1v) is 7.82. The smallest absolute Gasteiger partial charge is 0.140 e. The number of carbonyl (C=O) groups is 1. The van der Waals surface area contributed by atoms with Crippen LogP contribution in [-0.4, -0.2) is 5.78 Å². The third kappa shape index (κ3) is 2.79. The predicted octanol–water partition coefficient (Wildman–Crippen LogP) is 4.44. The maximum absolute atomic E-state index is 12.3. The van der Waals surface area contributed by atoms with Crippen molar-refractivity contribution in [1.29, 1.82) is 0 Å². The van der Waals surface area contributed by atoms with E-state index in [9.17, 15) is 4.79 Å². The summed E-state index contributed by atoms with van der Waals surface area (Å²) in [5.41, 5.74) is 1.20. The quantitative estimate of drug-likeness (QED) is 0.805. The molecule has 19 heavy (non-hydrogen) atoms. The molecular formula is C17H18OS. The highest BCUT2D eigenvalue weighted by Crippen LogP contribution is 2.37. The van der Waals surface area contributed by atoms with Crippen molar-refractivity contribution >= 4 is 17.1 Å². The van der Waals surface area contributed by atoms with Gasteiger partial charge in [0.05, 0.1) is 0 Å². The topological polar surface area (TPSA) is 17.1 Å². The van der Waals surface area contributed by atoms with E-state index in [0.29, 0.717) is 11.7 Å². The lowest BCUT2D eigenvalue weighted by Crippen LogP contribution is -2.27. The second kappa shape index (κ2) is 5.70. The van der Waals surface area contributed by atoms with Gasteiger partial charge >= 0.3 is 0 Å². The van der Waals surface area contributed by atoms with Crippen molar-refractivity contribution in [3.63, 3.8) is 0 Å². The van der Waals surface area contributed by atoms with Crippen LogP contribution in [0.5, 0.6) is 0 Å². The summed E-state index contributed by atoms with van der Waals surface area (Å²) in [7, 11) is 0. The number of rotatable bonds is 3. The van der Waals surface area contributed by atoms with E-state index in [0.717, 1.165) is 19.3 Å². The molecule has 0 bridgehead atoms. The Hall–Kier alpha value is -1.41. The predicted molar refractivity (Wildman–Crippen MR) is 79.6 cm³/mol. The van der Waals surface area contributed by atoms with Gasteiger partial charge in [-0.15, -0.1) is 11.3 Å². The molecule has 0 unspecified atom stereocenters.